The summed E-state index contributed by atoms with van der Waals surface area (Å²) in [6.45, 7) is 4.25. The standard InChI is InChI=1S/C50H96NO8P/c1-4-6-8-10-12-14-16-18-20-22-23-24-25-27-28-30-32-34-36-38-40-42-49(52)56-46-48(47-58-60(54,55)57-45-44-51-3)59-50(53)43-41-39-37-35-33-31-29-26-21-19-17-15-13-11-9-7-5-2/h18-21,48,51H,4-17,22-47H2,1-3H3,(H,54,55)/b20-18-,21-19-. The molecule has 0 aromatic rings. The molecule has 2 N–H and O–H groups in total. The van der Waals surface area contributed by atoms with Crippen LogP contribution in [0.5, 0.6) is 0 Å². The highest BCUT2D eigenvalue weighted by Gasteiger charge is 2.26. The Morgan fingerprint density at radius 1 is 0.500 bits per heavy atom. The lowest BCUT2D eigenvalue weighted by Crippen LogP contribution is -2.29. The first-order valence-corrected chi connectivity index (χ1v) is 26.8. The summed E-state index contributed by atoms with van der Waals surface area (Å²) in [5.41, 5.74) is 0. The Hall–Kier alpha value is -1.51. The fraction of sp³-hybridized carbons (Fsp3) is 0.880. The van der Waals surface area contributed by atoms with Gasteiger partial charge in [0, 0.05) is 19.4 Å². The predicted molar refractivity (Wildman–Crippen MR) is 252 cm³/mol. The summed E-state index contributed by atoms with van der Waals surface area (Å²) in [6.07, 6.45) is 50.8. The first kappa shape index (κ1) is 58.5. The fourth-order valence-corrected chi connectivity index (χ4v) is 7.94. The van der Waals surface area contributed by atoms with Gasteiger partial charge in [-0.1, -0.05) is 192 Å². The molecule has 60 heavy (non-hydrogen) atoms. The number of phosphoric ester groups is 1. The van der Waals surface area contributed by atoms with E-state index in [1.54, 1.807) is 7.05 Å². The van der Waals surface area contributed by atoms with Crippen molar-refractivity contribution in [2.75, 3.05) is 33.4 Å². The van der Waals surface area contributed by atoms with Gasteiger partial charge < -0.3 is 19.7 Å². The second-order valence-electron chi connectivity index (χ2n) is 17.0. The van der Waals surface area contributed by atoms with E-state index in [1.165, 1.54) is 167 Å². The van der Waals surface area contributed by atoms with E-state index >= 15 is 0 Å². The number of carbonyl (C=O) groups is 2. The Morgan fingerprint density at radius 2 is 0.850 bits per heavy atom. The minimum Gasteiger partial charge on any atom is -0.462 e. The van der Waals surface area contributed by atoms with Crippen LogP contribution in [0.3, 0.4) is 0 Å². The Kier molecular flexibility index (Phi) is 45.8. The third kappa shape index (κ3) is 46.0. The Bertz CT molecular complexity index is 1040. The zero-order valence-corrected chi connectivity index (χ0v) is 40.3. The number of ether oxygens (including phenoxy) is 2. The number of phosphoric acid groups is 1. The number of esters is 2. The van der Waals surface area contributed by atoms with E-state index in [-0.39, 0.29) is 32.0 Å². The van der Waals surface area contributed by atoms with Crippen LogP contribution in [0, 0.1) is 0 Å². The first-order valence-electron chi connectivity index (χ1n) is 25.3. The van der Waals surface area contributed by atoms with E-state index < -0.39 is 26.5 Å². The van der Waals surface area contributed by atoms with E-state index in [2.05, 4.69) is 43.5 Å². The Labute approximate surface area is 370 Å². The number of nitrogens with one attached hydrogen (secondary N) is 1. The molecular formula is C50H96NO8P. The summed E-state index contributed by atoms with van der Waals surface area (Å²) >= 11 is 0. The van der Waals surface area contributed by atoms with Gasteiger partial charge in [0.05, 0.1) is 13.2 Å². The van der Waals surface area contributed by atoms with Crippen molar-refractivity contribution >= 4 is 19.8 Å². The monoisotopic (exact) mass is 870 g/mol. The normalized spacial score (nSPS) is 13.3. The third-order valence-electron chi connectivity index (χ3n) is 11.0. The number of hydrogen-bond acceptors (Lipinski definition) is 8. The van der Waals surface area contributed by atoms with Gasteiger partial charge in [-0.3, -0.25) is 18.6 Å². The van der Waals surface area contributed by atoms with Gasteiger partial charge in [0.2, 0.25) is 0 Å². The number of likely N-dealkylation sites (N-methyl/N-ethyl adjacent to an activating group) is 1. The lowest BCUT2D eigenvalue weighted by atomic mass is 10.0. The average Bonchev–Trinajstić information content (AvgIpc) is 3.23. The molecule has 0 radical (unpaired) electrons. The molecule has 0 aliphatic carbocycles. The Balaban J connectivity index is 4.10. The van der Waals surface area contributed by atoms with Crippen LogP contribution in [0.2, 0.25) is 0 Å². The maximum atomic E-state index is 12.7. The summed E-state index contributed by atoms with van der Waals surface area (Å²) in [6, 6.07) is 0. The maximum absolute atomic E-state index is 12.7. The molecule has 2 unspecified atom stereocenters. The lowest BCUT2D eigenvalue weighted by molar-refractivity contribution is -0.161. The number of carbonyl (C=O) groups excluding carboxylic acids is 2. The molecule has 0 spiro atoms. The van der Waals surface area contributed by atoms with Gasteiger partial charge in [0.1, 0.15) is 6.61 Å². The highest BCUT2D eigenvalue weighted by atomic mass is 31.2. The molecule has 0 amide bonds. The third-order valence-corrected chi connectivity index (χ3v) is 12.0. The van der Waals surface area contributed by atoms with Crippen LogP contribution in [0.1, 0.15) is 245 Å². The van der Waals surface area contributed by atoms with Gasteiger partial charge >= 0.3 is 19.8 Å². The van der Waals surface area contributed by atoms with Gasteiger partial charge in [-0.05, 0) is 71.3 Å². The quantitative estimate of drug-likeness (QED) is 0.0266. The van der Waals surface area contributed by atoms with E-state index in [9.17, 15) is 19.0 Å². The summed E-state index contributed by atoms with van der Waals surface area (Å²) in [4.78, 5) is 35.2. The minimum absolute atomic E-state index is 0.0161. The van der Waals surface area contributed by atoms with E-state index in [0.717, 1.165) is 44.9 Å². The molecule has 0 fully saturated rings. The van der Waals surface area contributed by atoms with Gasteiger partial charge in [-0.25, -0.2) is 4.57 Å². The van der Waals surface area contributed by atoms with Crippen molar-refractivity contribution in [3.05, 3.63) is 24.3 Å². The van der Waals surface area contributed by atoms with Crippen LogP contribution in [0.15, 0.2) is 24.3 Å². The molecule has 2 atom stereocenters. The molecule has 0 aliphatic heterocycles. The van der Waals surface area contributed by atoms with Crippen LogP contribution >= 0.6 is 7.82 Å². The van der Waals surface area contributed by atoms with Crippen molar-refractivity contribution in [2.24, 2.45) is 0 Å². The van der Waals surface area contributed by atoms with Gasteiger partial charge in [-0.2, -0.15) is 0 Å². The average molecular weight is 870 g/mol. The highest BCUT2D eigenvalue weighted by molar-refractivity contribution is 7.47. The second kappa shape index (κ2) is 47.0. The molecule has 0 aromatic heterocycles. The van der Waals surface area contributed by atoms with E-state index in [1.807, 2.05) is 0 Å². The van der Waals surface area contributed by atoms with Crippen molar-refractivity contribution < 1.29 is 37.6 Å². The molecule has 10 heteroatoms. The molecule has 0 heterocycles. The summed E-state index contributed by atoms with van der Waals surface area (Å²) < 4.78 is 33.3. The van der Waals surface area contributed by atoms with Crippen LogP contribution in [-0.2, 0) is 32.7 Å². The second-order valence-corrected chi connectivity index (χ2v) is 18.4. The molecule has 0 saturated carbocycles. The maximum Gasteiger partial charge on any atom is 0.472 e. The topological polar surface area (TPSA) is 120 Å². The van der Waals surface area contributed by atoms with Crippen molar-refractivity contribution in [1.29, 1.82) is 0 Å². The largest absolute Gasteiger partial charge is 0.472 e. The smallest absolute Gasteiger partial charge is 0.462 e. The van der Waals surface area contributed by atoms with Crippen LogP contribution in [0.25, 0.3) is 0 Å². The van der Waals surface area contributed by atoms with E-state index in [4.69, 9.17) is 18.5 Å². The summed E-state index contributed by atoms with van der Waals surface area (Å²) in [5.74, 6) is -0.802. The highest BCUT2D eigenvalue weighted by Crippen LogP contribution is 2.43. The molecule has 0 aliphatic rings. The number of unbranched alkanes of at least 4 members (excludes halogenated alkanes) is 30. The number of rotatable bonds is 48. The number of hydrogen-bond donors (Lipinski definition) is 2. The zero-order valence-electron chi connectivity index (χ0n) is 39.4. The van der Waals surface area contributed by atoms with Crippen LogP contribution in [-0.4, -0.2) is 56.3 Å². The van der Waals surface area contributed by atoms with Crippen molar-refractivity contribution in [3.63, 3.8) is 0 Å². The molecule has 0 aromatic carbocycles. The SMILES string of the molecule is CCCCCCCC/C=C\CCCCCCCCCCCCCC(=O)OCC(COP(=O)(O)OCCNC)OC(=O)CCCCCCCCC/C=C\CCCCCCCC. The summed E-state index contributed by atoms with van der Waals surface area (Å²) in [7, 11) is -2.65. The van der Waals surface area contributed by atoms with Crippen molar-refractivity contribution in [3.8, 4) is 0 Å². The predicted octanol–water partition coefficient (Wildman–Crippen LogP) is 15.0. The fourth-order valence-electron chi connectivity index (χ4n) is 7.19. The molecule has 0 bridgehead atoms. The zero-order chi connectivity index (χ0) is 43.9. The minimum atomic E-state index is -4.35. The van der Waals surface area contributed by atoms with Gasteiger partial charge in [0.15, 0.2) is 6.10 Å². The lowest BCUT2D eigenvalue weighted by Gasteiger charge is -2.20. The molecule has 9 nitrogen and oxygen atoms in total. The van der Waals surface area contributed by atoms with Crippen LogP contribution < -0.4 is 5.32 Å². The summed E-state index contributed by atoms with van der Waals surface area (Å²) in [5, 5.41) is 2.83. The first-order chi connectivity index (χ1) is 29.3. The molecule has 354 valence electrons. The van der Waals surface area contributed by atoms with Crippen LogP contribution in [0.4, 0.5) is 0 Å². The van der Waals surface area contributed by atoms with E-state index in [0.29, 0.717) is 13.0 Å². The number of allylic oxidation sites excluding steroid dienone is 4. The van der Waals surface area contributed by atoms with Crippen molar-refractivity contribution in [1.82, 2.24) is 5.32 Å². The van der Waals surface area contributed by atoms with Gasteiger partial charge in [-0.15, -0.1) is 0 Å². The molecule has 0 saturated heterocycles. The van der Waals surface area contributed by atoms with Gasteiger partial charge in [0.25, 0.3) is 0 Å². The Morgan fingerprint density at radius 3 is 1.23 bits per heavy atom. The molecule has 0 rings (SSSR count). The molecular weight excluding hydrogens is 774 g/mol. The van der Waals surface area contributed by atoms with Crippen molar-refractivity contribution in [2.45, 2.75) is 251 Å².